The van der Waals surface area contributed by atoms with Crippen LogP contribution in [-0.2, 0) is 0 Å². The molecule has 0 radical (unpaired) electrons. The number of nitrogens with one attached hydrogen (secondary N) is 1. The molecular formula is C14H24N2. The van der Waals surface area contributed by atoms with Crippen molar-refractivity contribution in [2.75, 3.05) is 26.2 Å². The molecule has 0 bridgehead atoms. The molecule has 2 saturated heterocycles. The van der Waals surface area contributed by atoms with Crippen LogP contribution < -0.4 is 5.32 Å². The molecule has 0 unspecified atom stereocenters. The van der Waals surface area contributed by atoms with Crippen LogP contribution in [0.1, 0.15) is 38.5 Å². The average molecular weight is 220 g/mol. The van der Waals surface area contributed by atoms with Crippen LogP contribution in [0, 0.1) is 5.41 Å². The quantitative estimate of drug-likeness (QED) is 0.681. The van der Waals surface area contributed by atoms with E-state index in [0.717, 1.165) is 6.04 Å². The predicted molar refractivity (Wildman–Crippen MR) is 67.5 cm³/mol. The normalized spacial score (nSPS) is 34.6. The van der Waals surface area contributed by atoms with Crippen molar-refractivity contribution in [3.05, 3.63) is 12.2 Å². The van der Waals surface area contributed by atoms with Crippen molar-refractivity contribution in [3.63, 3.8) is 0 Å². The van der Waals surface area contributed by atoms with Crippen LogP contribution in [0.3, 0.4) is 0 Å². The Balaban J connectivity index is 1.64. The van der Waals surface area contributed by atoms with Crippen LogP contribution in [0.4, 0.5) is 0 Å². The van der Waals surface area contributed by atoms with Gasteiger partial charge in [-0.1, -0.05) is 12.2 Å². The molecule has 1 N–H and O–H groups in total. The minimum Gasteiger partial charge on any atom is -0.317 e. The molecular weight excluding hydrogens is 196 g/mol. The van der Waals surface area contributed by atoms with Gasteiger partial charge in [-0.15, -0.1) is 0 Å². The van der Waals surface area contributed by atoms with E-state index in [4.69, 9.17) is 0 Å². The average Bonchev–Trinajstić information content (AvgIpc) is 2.85. The van der Waals surface area contributed by atoms with Gasteiger partial charge in [0, 0.05) is 6.04 Å². The third-order valence-electron chi connectivity index (χ3n) is 4.82. The Bertz CT molecular complexity index is 260. The van der Waals surface area contributed by atoms with E-state index in [-0.39, 0.29) is 0 Å². The van der Waals surface area contributed by atoms with Crippen molar-refractivity contribution < 1.29 is 0 Å². The van der Waals surface area contributed by atoms with Gasteiger partial charge in [0.15, 0.2) is 0 Å². The minimum atomic E-state index is 0.571. The van der Waals surface area contributed by atoms with E-state index in [2.05, 4.69) is 22.4 Å². The van der Waals surface area contributed by atoms with Gasteiger partial charge in [0.05, 0.1) is 0 Å². The highest BCUT2D eigenvalue weighted by Crippen LogP contribution is 2.40. The summed E-state index contributed by atoms with van der Waals surface area (Å²) >= 11 is 0. The first-order valence-corrected chi connectivity index (χ1v) is 7.02. The molecule has 0 saturated carbocycles. The number of allylic oxidation sites excluding steroid dienone is 1. The van der Waals surface area contributed by atoms with Crippen molar-refractivity contribution in [2.24, 2.45) is 5.41 Å². The standard InChI is InChI=1S/C14H24N2/c1-2-12-16(11-1)13-3-5-14(6-4-13)7-9-15-10-8-14/h3,5,13,15H,1-2,4,6-12H2/t13-/m1/s1. The number of likely N-dealkylation sites (tertiary alicyclic amines) is 1. The molecule has 2 fully saturated rings. The lowest BCUT2D eigenvalue weighted by atomic mass is 9.71. The Morgan fingerprint density at radius 1 is 1.06 bits per heavy atom. The largest absolute Gasteiger partial charge is 0.317 e. The molecule has 2 nitrogen and oxygen atoms in total. The van der Waals surface area contributed by atoms with Crippen LogP contribution in [0.2, 0.25) is 0 Å². The molecule has 2 aliphatic heterocycles. The molecule has 90 valence electrons. The van der Waals surface area contributed by atoms with Crippen LogP contribution in [0.25, 0.3) is 0 Å². The third-order valence-corrected chi connectivity index (χ3v) is 4.82. The zero-order chi connectivity index (χ0) is 10.8. The molecule has 16 heavy (non-hydrogen) atoms. The summed E-state index contributed by atoms with van der Waals surface area (Å²) in [6.07, 6.45) is 13.5. The van der Waals surface area contributed by atoms with E-state index < -0.39 is 0 Å². The fourth-order valence-corrected chi connectivity index (χ4v) is 3.65. The second-order valence-corrected chi connectivity index (χ2v) is 5.82. The molecule has 1 aliphatic carbocycles. The maximum Gasteiger partial charge on any atom is 0.0278 e. The van der Waals surface area contributed by atoms with Gasteiger partial charge in [-0.2, -0.15) is 0 Å². The summed E-state index contributed by atoms with van der Waals surface area (Å²) in [4.78, 5) is 2.68. The van der Waals surface area contributed by atoms with Crippen molar-refractivity contribution in [3.8, 4) is 0 Å². The maximum absolute atomic E-state index is 3.48. The molecule has 0 aromatic heterocycles. The Labute approximate surface area is 99.1 Å². The molecule has 1 atom stereocenters. The summed E-state index contributed by atoms with van der Waals surface area (Å²) < 4.78 is 0. The van der Waals surface area contributed by atoms with E-state index in [1.54, 1.807) is 0 Å². The van der Waals surface area contributed by atoms with Crippen LogP contribution in [0.15, 0.2) is 12.2 Å². The number of hydrogen-bond donors (Lipinski definition) is 1. The lowest BCUT2D eigenvalue weighted by Gasteiger charge is -2.40. The minimum absolute atomic E-state index is 0.571. The summed E-state index contributed by atoms with van der Waals surface area (Å²) in [6.45, 7) is 5.12. The second-order valence-electron chi connectivity index (χ2n) is 5.82. The molecule has 3 aliphatic rings. The fourth-order valence-electron chi connectivity index (χ4n) is 3.65. The number of piperidine rings is 1. The SMILES string of the molecule is C1=CC2(CCNCC2)CC[C@@H]1N1CCCC1. The third kappa shape index (κ3) is 2.05. The van der Waals surface area contributed by atoms with E-state index >= 15 is 0 Å². The number of rotatable bonds is 1. The summed E-state index contributed by atoms with van der Waals surface area (Å²) in [5.41, 5.74) is 0.571. The molecule has 0 aromatic rings. The van der Waals surface area contributed by atoms with Crippen molar-refractivity contribution in [2.45, 2.75) is 44.6 Å². The topological polar surface area (TPSA) is 15.3 Å². The molecule has 0 aromatic carbocycles. The zero-order valence-corrected chi connectivity index (χ0v) is 10.3. The van der Waals surface area contributed by atoms with Gasteiger partial charge >= 0.3 is 0 Å². The highest BCUT2D eigenvalue weighted by atomic mass is 15.2. The van der Waals surface area contributed by atoms with Gasteiger partial charge < -0.3 is 5.32 Å². The first-order valence-electron chi connectivity index (χ1n) is 7.02. The Morgan fingerprint density at radius 2 is 1.81 bits per heavy atom. The van der Waals surface area contributed by atoms with E-state index in [9.17, 15) is 0 Å². The van der Waals surface area contributed by atoms with Crippen LogP contribution in [-0.4, -0.2) is 37.1 Å². The van der Waals surface area contributed by atoms with E-state index in [1.807, 2.05) is 0 Å². The van der Waals surface area contributed by atoms with Gasteiger partial charge in [0.25, 0.3) is 0 Å². The van der Waals surface area contributed by atoms with Gasteiger partial charge in [-0.3, -0.25) is 4.90 Å². The smallest absolute Gasteiger partial charge is 0.0278 e. The van der Waals surface area contributed by atoms with E-state index in [0.29, 0.717) is 5.41 Å². The summed E-state index contributed by atoms with van der Waals surface area (Å²) in [6, 6.07) is 0.767. The monoisotopic (exact) mass is 220 g/mol. The summed E-state index contributed by atoms with van der Waals surface area (Å²) in [7, 11) is 0. The molecule has 2 heteroatoms. The first-order chi connectivity index (χ1) is 7.88. The maximum atomic E-state index is 3.48. The van der Waals surface area contributed by atoms with Gasteiger partial charge in [-0.25, -0.2) is 0 Å². The van der Waals surface area contributed by atoms with E-state index in [1.165, 1.54) is 64.7 Å². The number of hydrogen-bond acceptors (Lipinski definition) is 2. The number of nitrogens with zero attached hydrogens (tertiary/aromatic N) is 1. The van der Waals surface area contributed by atoms with Crippen LogP contribution >= 0.6 is 0 Å². The Morgan fingerprint density at radius 3 is 2.44 bits per heavy atom. The highest BCUT2D eigenvalue weighted by Gasteiger charge is 2.34. The van der Waals surface area contributed by atoms with Crippen molar-refractivity contribution in [1.29, 1.82) is 0 Å². The van der Waals surface area contributed by atoms with Crippen molar-refractivity contribution >= 4 is 0 Å². The molecule has 1 spiro atoms. The van der Waals surface area contributed by atoms with Crippen LogP contribution in [0.5, 0.6) is 0 Å². The van der Waals surface area contributed by atoms with Gasteiger partial charge in [0.1, 0.15) is 0 Å². The second kappa shape index (κ2) is 4.50. The molecule has 2 heterocycles. The molecule has 3 rings (SSSR count). The first kappa shape index (κ1) is 10.8. The lowest BCUT2D eigenvalue weighted by molar-refractivity contribution is 0.185. The zero-order valence-electron chi connectivity index (χ0n) is 10.3. The fraction of sp³-hybridized carbons (Fsp3) is 0.857. The molecule has 0 amide bonds. The summed E-state index contributed by atoms with van der Waals surface area (Å²) in [5.74, 6) is 0. The Kier molecular flexibility index (Phi) is 3.03. The van der Waals surface area contributed by atoms with Gasteiger partial charge in [-0.05, 0) is 70.1 Å². The predicted octanol–water partition coefficient (Wildman–Crippen LogP) is 2.17. The Hall–Kier alpha value is -0.340. The summed E-state index contributed by atoms with van der Waals surface area (Å²) in [5, 5.41) is 3.48. The highest BCUT2D eigenvalue weighted by molar-refractivity contribution is 5.11. The lowest BCUT2D eigenvalue weighted by Crippen LogP contribution is -2.40. The van der Waals surface area contributed by atoms with Gasteiger partial charge in [0.2, 0.25) is 0 Å². The van der Waals surface area contributed by atoms with Crippen molar-refractivity contribution in [1.82, 2.24) is 10.2 Å².